The Kier molecular flexibility index (Phi) is 3.81. The Morgan fingerprint density at radius 3 is 2.72 bits per heavy atom. The maximum absolute atomic E-state index is 6.04. The molecule has 1 fully saturated rings. The van der Waals surface area contributed by atoms with Crippen molar-refractivity contribution in [3.05, 3.63) is 17.0 Å². The van der Waals surface area contributed by atoms with Crippen LogP contribution in [0.4, 0.5) is 0 Å². The lowest BCUT2D eigenvalue weighted by Gasteiger charge is -2.38. The van der Waals surface area contributed by atoms with Crippen molar-refractivity contribution in [1.29, 1.82) is 0 Å². The maximum atomic E-state index is 6.04. The van der Waals surface area contributed by atoms with Crippen LogP contribution >= 0.6 is 11.6 Å². The Labute approximate surface area is 114 Å². The second kappa shape index (κ2) is 5.04. The van der Waals surface area contributed by atoms with Crippen molar-refractivity contribution in [2.45, 2.75) is 53.1 Å². The smallest absolute Gasteiger partial charge is 0.221 e. The first-order valence-electron chi connectivity index (χ1n) is 6.51. The molecule has 0 bridgehead atoms. The van der Waals surface area contributed by atoms with Gasteiger partial charge in [0.05, 0.1) is 0 Å². The van der Waals surface area contributed by atoms with Gasteiger partial charge in [-0.2, -0.15) is 0 Å². The van der Waals surface area contributed by atoms with Crippen molar-refractivity contribution in [2.75, 3.05) is 0 Å². The maximum Gasteiger partial charge on any atom is 0.221 e. The van der Waals surface area contributed by atoms with Gasteiger partial charge in [-0.1, -0.05) is 32.4 Å². The molecule has 0 aromatic carbocycles. The van der Waals surface area contributed by atoms with E-state index in [4.69, 9.17) is 16.3 Å². The number of halogens is 1. The molecule has 1 aliphatic rings. The minimum absolute atomic E-state index is 0.230. The molecule has 1 heterocycles. The summed E-state index contributed by atoms with van der Waals surface area (Å²) in [7, 11) is 0. The predicted molar refractivity (Wildman–Crippen MR) is 73.0 cm³/mol. The van der Waals surface area contributed by atoms with E-state index in [9.17, 15) is 0 Å². The van der Waals surface area contributed by atoms with Crippen molar-refractivity contribution >= 4 is 11.6 Å². The molecule has 18 heavy (non-hydrogen) atoms. The van der Waals surface area contributed by atoms with E-state index in [1.807, 2.05) is 6.92 Å². The van der Waals surface area contributed by atoms with Gasteiger partial charge in [-0.3, -0.25) is 0 Å². The van der Waals surface area contributed by atoms with Gasteiger partial charge < -0.3 is 4.74 Å². The fourth-order valence-electron chi connectivity index (χ4n) is 3.04. The normalized spacial score (nSPS) is 26.9. The van der Waals surface area contributed by atoms with E-state index in [2.05, 4.69) is 30.7 Å². The third kappa shape index (κ3) is 3.14. The molecule has 0 spiro atoms. The number of rotatable bonds is 2. The van der Waals surface area contributed by atoms with Gasteiger partial charge in [0.15, 0.2) is 0 Å². The number of hydrogen-bond acceptors (Lipinski definition) is 3. The van der Waals surface area contributed by atoms with Crippen LogP contribution in [-0.4, -0.2) is 16.1 Å². The molecule has 0 N–H and O–H groups in total. The molecular formula is C14H21ClN2O. The lowest BCUT2D eigenvalue weighted by atomic mass is 9.71. The van der Waals surface area contributed by atoms with Crippen LogP contribution in [0.15, 0.2) is 6.33 Å². The van der Waals surface area contributed by atoms with Gasteiger partial charge in [0.25, 0.3) is 0 Å². The van der Waals surface area contributed by atoms with E-state index in [-0.39, 0.29) is 6.10 Å². The van der Waals surface area contributed by atoms with E-state index in [0.29, 0.717) is 22.4 Å². The number of aromatic nitrogens is 2. The lowest BCUT2D eigenvalue weighted by molar-refractivity contribution is 0.0526. The van der Waals surface area contributed by atoms with E-state index < -0.39 is 0 Å². The van der Waals surface area contributed by atoms with E-state index in [1.165, 1.54) is 12.7 Å². The molecule has 1 aromatic rings. The minimum atomic E-state index is 0.230. The molecule has 0 saturated heterocycles. The van der Waals surface area contributed by atoms with Gasteiger partial charge in [-0.05, 0) is 37.5 Å². The Morgan fingerprint density at radius 2 is 2.06 bits per heavy atom. The highest BCUT2D eigenvalue weighted by Gasteiger charge is 2.33. The SMILES string of the molecule is Cc1c(Cl)ncnc1OC1CC(C)CC(C)(C)C1. The van der Waals surface area contributed by atoms with Crippen LogP contribution in [0, 0.1) is 18.3 Å². The molecule has 4 heteroatoms. The average Bonchev–Trinajstić information content (AvgIpc) is 2.22. The molecule has 0 amide bonds. The summed E-state index contributed by atoms with van der Waals surface area (Å²) >= 11 is 5.99. The first-order valence-corrected chi connectivity index (χ1v) is 6.89. The summed E-state index contributed by atoms with van der Waals surface area (Å²) in [5, 5.41) is 0.475. The quantitative estimate of drug-likeness (QED) is 0.760. The van der Waals surface area contributed by atoms with Crippen molar-refractivity contribution in [2.24, 2.45) is 11.3 Å². The summed E-state index contributed by atoms with van der Waals surface area (Å²) in [5.74, 6) is 1.32. The molecule has 2 rings (SSSR count). The van der Waals surface area contributed by atoms with Crippen LogP contribution in [0.3, 0.4) is 0 Å². The van der Waals surface area contributed by atoms with E-state index in [1.54, 1.807) is 0 Å². The molecule has 3 nitrogen and oxygen atoms in total. The average molecular weight is 269 g/mol. The van der Waals surface area contributed by atoms with Gasteiger partial charge in [-0.25, -0.2) is 9.97 Å². The van der Waals surface area contributed by atoms with Crippen LogP contribution in [0.25, 0.3) is 0 Å². The summed E-state index contributed by atoms with van der Waals surface area (Å²) in [5.41, 5.74) is 1.17. The Hall–Kier alpha value is -0.830. The number of nitrogens with zero attached hydrogens (tertiary/aromatic N) is 2. The summed E-state index contributed by atoms with van der Waals surface area (Å²) in [4.78, 5) is 8.14. The zero-order chi connectivity index (χ0) is 13.3. The Bertz CT molecular complexity index is 434. The first-order chi connectivity index (χ1) is 8.37. The second-order valence-corrected chi connectivity index (χ2v) is 6.61. The third-order valence-electron chi connectivity index (χ3n) is 3.60. The molecule has 100 valence electrons. The second-order valence-electron chi connectivity index (χ2n) is 6.25. The summed E-state index contributed by atoms with van der Waals surface area (Å²) in [6.45, 7) is 8.80. The molecule has 0 radical (unpaired) electrons. The molecule has 2 unspecified atom stereocenters. The van der Waals surface area contributed by atoms with Crippen molar-refractivity contribution in [3.8, 4) is 5.88 Å². The largest absolute Gasteiger partial charge is 0.474 e. The lowest BCUT2D eigenvalue weighted by Crippen LogP contribution is -2.34. The monoisotopic (exact) mass is 268 g/mol. The molecule has 1 aromatic heterocycles. The van der Waals surface area contributed by atoms with Crippen molar-refractivity contribution < 1.29 is 4.74 Å². The Balaban J connectivity index is 2.11. The van der Waals surface area contributed by atoms with Gasteiger partial charge in [-0.15, -0.1) is 0 Å². The van der Waals surface area contributed by atoms with Gasteiger partial charge in [0.2, 0.25) is 5.88 Å². The van der Waals surface area contributed by atoms with E-state index in [0.717, 1.165) is 18.4 Å². The zero-order valence-electron chi connectivity index (χ0n) is 11.5. The first kappa shape index (κ1) is 13.6. The fraction of sp³-hybridized carbons (Fsp3) is 0.714. The highest BCUT2D eigenvalue weighted by Crippen LogP contribution is 2.40. The highest BCUT2D eigenvalue weighted by atomic mass is 35.5. The van der Waals surface area contributed by atoms with Crippen LogP contribution in [-0.2, 0) is 0 Å². The summed E-state index contributed by atoms with van der Waals surface area (Å²) in [6, 6.07) is 0. The fourth-order valence-corrected chi connectivity index (χ4v) is 3.16. The topological polar surface area (TPSA) is 35.0 Å². The molecule has 0 aliphatic heterocycles. The van der Waals surface area contributed by atoms with Gasteiger partial charge in [0, 0.05) is 5.56 Å². The van der Waals surface area contributed by atoms with Crippen LogP contribution in [0.2, 0.25) is 5.15 Å². The Morgan fingerprint density at radius 1 is 1.33 bits per heavy atom. The van der Waals surface area contributed by atoms with Gasteiger partial charge >= 0.3 is 0 Å². The predicted octanol–water partition coefficient (Wildman–Crippen LogP) is 4.03. The molecular weight excluding hydrogens is 248 g/mol. The highest BCUT2D eigenvalue weighted by molar-refractivity contribution is 6.30. The standard InChI is InChI=1S/C14H21ClN2O/c1-9-5-11(7-14(3,4)6-9)18-13-10(2)12(15)16-8-17-13/h8-9,11H,5-7H2,1-4H3. The minimum Gasteiger partial charge on any atom is -0.474 e. The van der Waals surface area contributed by atoms with Crippen LogP contribution < -0.4 is 4.74 Å². The number of ether oxygens (including phenoxy) is 1. The summed E-state index contributed by atoms with van der Waals surface area (Å²) in [6.07, 6.45) is 5.11. The molecule has 1 saturated carbocycles. The molecule has 2 atom stereocenters. The van der Waals surface area contributed by atoms with E-state index >= 15 is 0 Å². The third-order valence-corrected chi connectivity index (χ3v) is 3.98. The number of hydrogen-bond donors (Lipinski definition) is 0. The van der Waals surface area contributed by atoms with Crippen LogP contribution in [0.1, 0.15) is 45.6 Å². The van der Waals surface area contributed by atoms with Crippen LogP contribution in [0.5, 0.6) is 5.88 Å². The van der Waals surface area contributed by atoms with Crippen molar-refractivity contribution in [1.82, 2.24) is 9.97 Å². The molecule has 1 aliphatic carbocycles. The summed E-state index contributed by atoms with van der Waals surface area (Å²) < 4.78 is 6.04. The van der Waals surface area contributed by atoms with Gasteiger partial charge in [0.1, 0.15) is 17.6 Å². The zero-order valence-corrected chi connectivity index (χ0v) is 12.3. The van der Waals surface area contributed by atoms with Crippen molar-refractivity contribution in [3.63, 3.8) is 0 Å².